The SMILES string of the molecule is CCOC(=O)c1nnc(Oc2ccc(C#N)cc2F)s1. The first kappa shape index (κ1) is 13.9. The molecule has 1 aromatic carbocycles. The molecule has 6 nitrogen and oxygen atoms in total. The van der Waals surface area contributed by atoms with E-state index in [2.05, 4.69) is 10.2 Å². The predicted octanol–water partition coefficient (Wildman–Crippen LogP) is 2.52. The zero-order valence-corrected chi connectivity index (χ0v) is 11.1. The van der Waals surface area contributed by atoms with Crippen LogP contribution in [-0.2, 0) is 4.74 Å². The molecule has 0 amide bonds. The second-order valence-electron chi connectivity index (χ2n) is 3.45. The highest BCUT2D eigenvalue weighted by atomic mass is 32.1. The van der Waals surface area contributed by atoms with Crippen molar-refractivity contribution in [3.8, 4) is 17.0 Å². The lowest BCUT2D eigenvalue weighted by atomic mass is 10.2. The van der Waals surface area contributed by atoms with Gasteiger partial charge in [0.05, 0.1) is 18.2 Å². The summed E-state index contributed by atoms with van der Waals surface area (Å²) >= 11 is 0.844. The van der Waals surface area contributed by atoms with Crippen LogP contribution in [-0.4, -0.2) is 22.8 Å². The van der Waals surface area contributed by atoms with Gasteiger partial charge in [0.1, 0.15) is 0 Å². The molecule has 0 fully saturated rings. The number of carbonyl (C=O) groups is 1. The van der Waals surface area contributed by atoms with Crippen LogP contribution in [0.5, 0.6) is 10.9 Å². The van der Waals surface area contributed by atoms with Crippen LogP contribution in [0.25, 0.3) is 0 Å². The van der Waals surface area contributed by atoms with Gasteiger partial charge in [0.15, 0.2) is 11.6 Å². The van der Waals surface area contributed by atoms with E-state index in [1.165, 1.54) is 12.1 Å². The highest BCUT2D eigenvalue weighted by molar-refractivity contribution is 7.14. The van der Waals surface area contributed by atoms with Crippen LogP contribution in [0.3, 0.4) is 0 Å². The van der Waals surface area contributed by atoms with Gasteiger partial charge in [-0.15, -0.1) is 5.10 Å². The molecule has 2 rings (SSSR count). The minimum atomic E-state index is -0.697. The van der Waals surface area contributed by atoms with E-state index < -0.39 is 11.8 Å². The van der Waals surface area contributed by atoms with E-state index >= 15 is 0 Å². The average Bonchev–Trinajstić information content (AvgIpc) is 2.90. The lowest BCUT2D eigenvalue weighted by molar-refractivity contribution is 0.0525. The number of aromatic nitrogens is 2. The van der Waals surface area contributed by atoms with Crippen LogP contribution in [0.1, 0.15) is 22.3 Å². The minimum absolute atomic E-state index is 0.0108. The maximum atomic E-state index is 13.6. The molecule has 0 atom stereocenters. The summed E-state index contributed by atoms with van der Waals surface area (Å²) in [6.07, 6.45) is 0. The first-order valence-electron chi connectivity index (χ1n) is 5.52. The molecule has 8 heteroatoms. The van der Waals surface area contributed by atoms with Crippen LogP contribution in [0.15, 0.2) is 18.2 Å². The quantitative estimate of drug-likeness (QED) is 0.805. The summed E-state index contributed by atoms with van der Waals surface area (Å²) in [6.45, 7) is 1.89. The summed E-state index contributed by atoms with van der Waals surface area (Å²) < 4.78 is 23.5. The maximum Gasteiger partial charge on any atom is 0.369 e. The van der Waals surface area contributed by atoms with Crippen LogP contribution in [0.4, 0.5) is 4.39 Å². The number of carbonyl (C=O) groups excluding carboxylic acids is 1. The van der Waals surface area contributed by atoms with Crippen LogP contribution in [0, 0.1) is 17.1 Å². The molecule has 0 bridgehead atoms. The number of benzene rings is 1. The summed E-state index contributed by atoms with van der Waals surface area (Å²) in [5, 5.41) is 15.9. The van der Waals surface area contributed by atoms with Crippen molar-refractivity contribution in [3.05, 3.63) is 34.6 Å². The van der Waals surface area contributed by atoms with Crippen molar-refractivity contribution in [2.24, 2.45) is 0 Å². The van der Waals surface area contributed by atoms with Gasteiger partial charge < -0.3 is 9.47 Å². The number of halogens is 1. The number of hydrogen-bond acceptors (Lipinski definition) is 7. The average molecular weight is 293 g/mol. The Morgan fingerprint density at radius 3 is 2.95 bits per heavy atom. The number of nitriles is 1. The molecule has 0 aliphatic heterocycles. The Hall–Kier alpha value is -2.53. The molecule has 0 saturated heterocycles. The molecule has 102 valence electrons. The van der Waals surface area contributed by atoms with Crippen molar-refractivity contribution >= 4 is 17.3 Å². The largest absolute Gasteiger partial charge is 0.461 e. The third kappa shape index (κ3) is 3.07. The van der Waals surface area contributed by atoms with Crippen molar-refractivity contribution in [2.75, 3.05) is 6.61 Å². The van der Waals surface area contributed by atoms with E-state index in [1.54, 1.807) is 6.92 Å². The molecular weight excluding hydrogens is 285 g/mol. The molecule has 1 aromatic heterocycles. The summed E-state index contributed by atoms with van der Waals surface area (Å²) in [4.78, 5) is 11.4. The van der Waals surface area contributed by atoms with Crippen molar-refractivity contribution in [2.45, 2.75) is 6.92 Å². The van der Waals surface area contributed by atoms with Crippen molar-refractivity contribution in [3.63, 3.8) is 0 Å². The Morgan fingerprint density at radius 1 is 1.50 bits per heavy atom. The van der Waals surface area contributed by atoms with E-state index in [0.29, 0.717) is 0 Å². The molecule has 0 N–H and O–H groups in total. The standard InChI is InChI=1S/C12H8FN3O3S/c1-2-18-11(17)10-15-16-12(20-10)19-9-4-3-7(6-14)5-8(9)13/h3-5H,2H2,1H3. The summed E-state index contributed by atoms with van der Waals surface area (Å²) in [6, 6.07) is 5.57. The fourth-order valence-electron chi connectivity index (χ4n) is 1.27. The maximum absolute atomic E-state index is 13.6. The molecule has 0 radical (unpaired) electrons. The fourth-order valence-corrected chi connectivity index (χ4v) is 1.88. The zero-order chi connectivity index (χ0) is 14.5. The van der Waals surface area contributed by atoms with Crippen molar-refractivity contribution in [1.29, 1.82) is 5.26 Å². The number of rotatable bonds is 4. The van der Waals surface area contributed by atoms with Gasteiger partial charge in [0.2, 0.25) is 5.01 Å². The Kier molecular flexibility index (Phi) is 4.22. The van der Waals surface area contributed by atoms with Gasteiger partial charge in [-0.25, -0.2) is 9.18 Å². The number of ether oxygens (including phenoxy) is 2. The molecule has 0 spiro atoms. The van der Waals surface area contributed by atoms with Gasteiger partial charge >= 0.3 is 5.97 Å². The Morgan fingerprint density at radius 2 is 2.30 bits per heavy atom. The smallest absolute Gasteiger partial charge is 0.369 e. The van der Waals surface area contributed by atoms with E-state index in [0.717, 1.165) is 17.4 Å². The van der Waals surface area contributed by atoms with Crippen LogP contribution in [0.2, 0.25) is 0 Å². The molecule has 0 aliphatic carbocycles. The molecule has 2 aromatic rings. The first-order chi connectivity index (χ1) is 9.63. The van der Waals surface area contributed by atoms with Crippen molar-refractivity contribution < 1.29 is 18.7 Å². The summed E-state index contributed by atoms with van der Waals surface area (Å²) in [7, 11) is 0. The minimum Gasteiger partial charge on any atom is -0.461 e. The van der Waals surface area contributed by atoms with Gasteiger partial charge in [-0.3, -0.25) is 0 Å². The Balaban J connectivity index is 2.15. The third-order valence-electron chi connectivity index (χ3n) is 2.11. The molecule has 20 heavy (non-hydrogen) atoms. The number of hydrogen-bond donors (Lipinski definition) is 0. The topological polar surface area (TPSA) is 85.1 Å². The summed E-state index contributed by atoms with van der Waals surface area (Å²) in [5.41, 5.74) is 0.180. The van der Waals surface area contributed by atoms with Gasteiger partial charge in [-0.05, 0) is 36.5 Å². The highest BCUT2D eigenvalue weighted by Gasteiger charge is 2.16. The molecule has 0 saturated carbocycles. The van der Waals surface area contributed by atoms with E-state index in [9.17, 15) is 9.18 Å². The summed E-state index contributed by atoms with van der Waals surface area (Å²) in [5.74, 6) is -1.41. The highest BCUT2D eigenvalue weighted by Crippen LogP contribution is 2.27. The monoisotopic (exact) mass is 293 g/mol. The van der Waals surface area contributed by atoms with E-state index in [-0.39, 0.29) is 28.1 Å². The zero-order valence-electron chi connectivity index (χ0n) is 10.3. The van der Waals surface area contributed by atoms with Crippen LogP contribution < -0.4 is 4.74 Å². The molecular formula is C12H8FN3O3S. The van der Waals surface area contributed by atoms with E-state index in [4.69, 9.17) is 14.7 Å². The van der Waals surface area contributed by atoms with E-state index in [1.807, 2.05) is 6.07 Å². The second-order valence-corrected chi connectivity index (χ2v) is 4.39. The lowest BCUT2D eigenvalue weighted by Gasteiger charge is -2.02. The second kappa shape index (κ2) is 6.08. The normalized spacial score (nSPS) is 9.85. The van der Waals surface area contributed by atoms with Gasteiger partial charge in [-0.2, -0.15) is 5.26 Å². The van der Waals surface area contributed by atoms with Gasteiger partial charge in [0.25, 0.3) is 5.19 Å². The van der Waals surface area contributed by atoms with Crippen molar-refractivity contribution in [1.82, 2.24) is 10.2 Å². The van der Waals surface area contributed by atoms with Gasteiger partial charge in [-0.1, -0.05) is 5.10 Å². The van der Waals surface area contributed by atoms with Gasteiger partial charge in [0, 0.05) is 0 Å². The molecule has 1 heterocycles. The molecule has 0 unspecified atom stereocenters. The Labute approximate surface area is 117 Å². The number of esters is 1. The lowest BCUT2D eigenvalue weighted by Crippen LogP contribution is -2.03. The van der Waals surface area contributed by atoms with Crippen LogP contribution >= 0.6 is 11.3 Å². The Bertz CT molecular complexity index is 681. The number of nitrogens with zero attached hydrogens (tertiary/aromatic N) is 3. The fraction of sp³-hybridized carbons (Fsp3) is 0.167. The predicted molar refractivity (Wildman–Crippen MR) is 67.1 cm³/mol. The first-order valence-corrected chi connectivity index (χ1v) is 6.33. The third-order valence-corrected chi connectivity index (χ3v) is 2.90. The molecule has 0 aliphatic rings.